The molecule has 0 radical (unpaired) electrons. The maximum absolute atomic E-state index is 12.4. The van der Waals surface area contributed by atoms with Crippen molar-refractivity contribution in [2.24, 2.45) is 0 Å². The summed E-state index contributed by atoms with van der Waals surface area (Å²) in [4.78, 5) is 16.7. The molecule has 5 heteroatoms. The SMILES string of the molecule is COc1cc(C(=O)Cn2cnc3ccccc32)ccc1Cl. The van der Waals surface area contributed by atoms with Crippen molar-refractivity contribution in [3.8, 4) is 5.75 Å². The highest BCUT2D eigenvalue weighted by Crippen LogP contribution is 2.25. The van der Waals surface area contributed by atoms with Gasteiger partial charge in [0.05, 0.1) is 36.0 Å². The Morgan fingerprint density at radius 3 is 2.90 bits per heavy atom. The van der Waals surface area contributed by atoms with Crippen LogP contribution in [0.15, 0.2) is 48.8 Å². The van der Waals surface area contributed by atoms with Gasteiger partial charge in [-0.25, -0.2) is 4.98 Å². The van der Waals surface area contributed by atoms with Gasteiger partial charge in [0, 0.05) is 5.56 Å². The Morgan fingerprint density at radius 1 is 1.29 bits per heavy atom. The molecule has 0 bridgehead atoms. The topological polar surface area (TPSA) is 44.1 Å². The van der Waals surface area contributed by atoms with E-state index in [-0.39, 0.29) is 12.3 Å². The van der Waals surface area contributed by atoms with E-state index in [1.807, 2.05) is 28.8 Å². The van der Waals surface area contributed by atoms with Crippen LogP contribution < -0.4 is 4.74 Å². The number of hydrogen-bond donors (Lipinski definition) is 0. The number of methoxy groups -OCH3 is 1. The second kappa shape index (κ2) is 5.58. The van der Waals surface area contributed by atoms with Crippen LogP contribution in [0.25, 0.3) is 11.0 Å². The zero-order valence-electron chi connectivity index (χ0n) is 11.4. The first kappa shape index (κ1) is 13.6. The largest absolute Gasteiger partial charge is 0.495 e. The number of benzene rings is 2. The van der Waals surface area contributed by atoms with E-state index in [1.54, 1.807) is 24.5 Å². The van der Waals surface area contributed by atoms with E-state index in [0.717, 1.165) is 11.0 Å². The Balaban J connectivity index is 1.89. The molecule has 0 amide bonds. The lowest BCUT2D eigenvalue weighted by Gasteiger charge is -2.07. The monoisotopic (exact) mass is 300 g/mol. The third-order valence-electron chi connectivity index (χ3n) is 3.31. The van der Waals surface area contributed by atoms with E-state index in [0.29, 0.717) is 16.3 Å². The summed E-state index contributed by atoms with van der Waals surface area (Å²) in [5.41, 5.74) is 2.37. The van der Waals surface area contributed by atoms with Crippen LogP contribution >= 0.6 is 11.6 Å². The maximum Gasteiger partial charge on any atom is 0.182 e. The lowest BCUT2D eigenvalue weighted by Crippen LogP contribution is -2.09. The molecule has 0 atom stereocenters. The van der Waals surface area contributed by atoms with Crippen molar-refractivity contribution < 1.29 is 9.53 Å². The number of para-hydroxylation sites is 2. The lowest BCUT2D eigenvalue weighted by atomic mass is 10.1. The predicted octanol–water partition coefficient (Wildman–Crippen LogP) is 3.58. The van der Waals surface area contributed by atoms with Gasteiger partial charge < -0.3 is 9.30 Å². The highest BCUT2D eigenvalue weighted by molar-refractivity contribution is 6.32. The number of rotatable bonds is 4. The molecule has 106 valence electrons. The van der Waals surface area contributed by atoms with Crippen LogP contribution in [0, 0.1) is 0 Å². The van der Waals surface area contributed by atoms with E-state index in [2.05, 4.69) is 4.98 Å². The Kier molecular flexibility index (Phi) is 3.62. The molecule has 0 spiro atoms. The summed E-state index contributed by atoms with van der Waals surface area (Å²) in [6.45, 7) is 0.227. The highest BCUT2D eigenvalue weighted by Gasteiger charge is 2.11. The minimum absolute atomic E-state index is 0.0203. The Bertz CT molecular complexity index is 811. The van der Waals surface area contributed by atoms with E-state index < -0.39 is 0 Å². The summed E-state index contributed by atoms with van der Waals surface area (Å²) < 4.78 is 6.97. The first-order valence-electron chi connectivity index (χ1n) is 6.45. The summed E-state index contributed by atoms with van der Waals surface area (Å²) in [6.07, 6.45) is 1.68. The number of halogens is 1. The molecule has 0 saturated carbocycles. The van der Waals surface area contributed by atoms with Gasteiger partial charge in [-0.05, 0) is 30.3 Å². The van der Waals surface area contributed by atoms with Gasteiger partial charge in [0.25, 0.3) is 0 Å². The molecule has 0 fully saturated rings. The molecule has 4 nitrogen and oxygen atoms in total. The van der Waals surface area contributed by atoms with Crippen LogP contribution in [0.5, 0.6) is 5.75 Å². The van der Waals surface area contributed by atoms with Crippen molar-refractivity contribution in [1.82, 2.24) is 9.55 Å². The molecule has 0 aliphatic rings. The van der Waals surface area contributed by atoms with Crippen molar-refractivity contribution in [3.63, 3.8) is 0 Å². The zero-order chi connectivity index (χ0) is 14.8. The molecule has 1 aromatic heterocycles. The first-order valence-corrected chi connectivity index (χ1v) is 6.83. The molecule has 0 unspecified atom stereocenters. The van der Waals surface area contributed by atoms with Crippen LogP contribution in [0.3, 0.4) is 0 Å². The van der Waals surface area contributed by atoms with Gasteiger partial charge >= 0.3 is 0 Å². The number of fused-ring (bicyclic) bond motifs is 1. The van der Waals surface area contributed by atoms with Crippen molar-refractivity contribution in [1.29, 1.82) is 0 Å². The molecule has 2 aromatic carbocycles. The zero-order valence-corrected chi connectivity index (χ0v) is 12.2. The molecule has 21 heavy (non-hydrogen) atoms. The number of hydrogen-bond acceptors (Lipinski definition) is 3. The fourth-order valence-corrected chi connectivity index (χ4v) is 2.41. The van der Waals surface area contributed by atoms with E-state index >= 15 is 0 Å². The minimum atomic E-state index is -0.0203. The van der Waals surface area contributed by atoms with Crippen molar-refractivity contribution in [2.45, 2.75) is 6.54 Å². The number of nitrogens with zero attached hydrogens (tertiary/aromatic N) is 2. The quantitative estimate of drug-likeness (QED) is 0.692. The summed E-state index contributed by atoms with van der Waals surface area (Å²) in [5.74, 6) is 0.478. The second-order valence-corrected chi connectivity index (χ2v) is 5.04. The Labute approximate surface area is 126 Å². The fourth-order valence-electron chi connectivity index (χ4n) is 2.22. The lowest BCUT2D eigenvalue weighted by molar-refractivity contribution is 0.0973. The van der Waals surface area contributed by atoms with Gasteiger partial charge in [-0.3, -0.25) is 4.79 Å². The number of ether oxygens (including phenoxy) is 1. The fraction of sp³-hybridized carbons (Fsp3) is 0.125. The summed E-state index contributed by atoms with van der Waals surface area (Å²) in [5, 5.41) is 0.488. The molecule has 0 N–H and O–H groups in total. The first-order chi connectivity index (χ1) is 10.2. The normalized spacial score (nSPS) is 10.8. The average molecular weight is 301 g/mol. The van der Waals surface area contributed by atoms with Crippen molar-refractivity contribution >= 4 is 28.4 Å². The highest BCUT2D eigenvalue weighted by atomic mass is 35.5. The summed E-state index contributed by atoms with van der Waals surface area (Å²) in [6, 6.07) is 12.7. The van der Waals surface area contributed by atoms with Crippen molar-refractivity contribution in [2.75, 3.05) is 7.11 Å². The van der Waals surface area contributed by atoms with Crippen LogP contribution in [0.4, 0.5) is 0 Å². The predicted molar refractivity (Wildman–Crippen MR) is 82.1 cm³/mol. The standard InChI is InChI=1S/C16H13ClN2O2/c1-21-16-8-11(6-7-12(16)17)15(20)9-19-10-18-13-4-2-3-5-14(13)19/h2-8,10H,9H2,1H3. The molecule has 0 aliphatic heterocycles. The van der Waals surface area contributed by atoms with Gasteiger partial charge in [0.15, 0.2) is 5.78 Å². The van der Waals surface area contributed by atoms with Crippen LogP contribution in [0.2, 0.25) is 5.02 Å². The molecule has 0 saturated heterocycles. The number of carbonyl (C=O) groups excluding carboxylic acids is 1. The van der Waals surface area contributed by atoms with Gasteiger partial charge in [0.2, 0.25) is 0 Å². The number of imidazole rings is 1. The minimum Gasteiger partial charge on any atom is -0.495 e. The Morgan fingerprint density at radius 2 is 2.10 bits per heavy atom. The average Bonchev–Trinajstić information content (AvgIpc) is 2.91. The molecule has 3 aromatic rings. The summed E-state index contributed by atoms with van der Waals surface area (Å²) >= 11 is 5.97. The smallest absolute Gasteiger partial charge is 0.182 e. The molecule has 3 rings (SSSR count). The number of ketones is 1. The maximum atomic E-state index is 12.4. The third kappa shape index (κ3) is 2.62. The second-order valence-electron chi connectivity index (χ2n) is 4.63. The Hall–Kier alpha value is -2.33. The third-order valence-corrected chi connectivity index (χ3v) is 3.63. The molecule has 1 heterocycles. The van der Waals surface area contributed by atoms with Crippen LogP contribution in [0.1, 0.15) is 10.4 Å². The van der Waals surface area contributed by atoms with Crippen molar-refractivity contribution in [3.05, 3.63) is 59.4 Å². The number of aromatic nitrogens is 2. The van der Waals surface area contributed by atoms with E-state index in [9.17, 15) is 4.79 Å². The number of Topliss-reactive ketones (excluding diaryl/α,β-unsaturated/α-hetero) is 1. The van der Waals surface area contributed by atoms with E-state index in [1.165, 1.54) is 7.11 Å². The van der Waals surface area contributed by atoms with Gasteiger partial charge in [-0.1, -0.05) is 23.7 Å². The molecule has 0 aliphatic carbocycles. The van der Waals surface area contributed by atoms with Crippen LogP contribution in [-0.2, 0) is 6.54 Å². The van der Waals surface area contributed by atoms with Crippen LogP contribution in [-0.4, -0.2) is 22.4 Å². The van der Waals surface area contributed by atoms with Gasteiger partial charge in [-0.2, -0.15) is 0 Å². The van der Waals surface area contributed by atoms with Gasteiger partial charge in [-0.15, -0.1) is 0 Å². The molecular formula is C16H13ClN2O2. The van der Waals surface area contributed by atoms with E-state index in [4.69, 9.17) is 16.3 Å². The summed E-state index contributed by atoms with van der Waals surface area (Å²) in [7, 11) is 1.53. The number of carbonyl (C=O) groups is 1. The molecular weight excluding hydrogens is 288 g/mol. The van der Waals surface area contributed by atoms with Gasteiger partial charge in [0.1, 0.15) is 5.75 Å².